The summed E-state index contributed by atoms with van der Waals surface area (Å²) in [6.07, 6.45) is 8.88. The van der Waals surface area contributed by atoms with Gasteiger partial charge in [-0.25, -0.2) is 0 Å². The normalized spacial score (nSPS) is 21.2. The molecule has 110 valence electrons. The number of hydrogen-bond donors (Lipinski definition) is 1. The maximum atomic E-state index is 12.3. The van der Waals surface area contributed by atoms with Crippen molar-refractivity contribution in [2.75, 3.05) is 12.4 Å². The largest absolute Gasteiger partial charge is 0.497 e. The van der Waals surface area contributed by atoms with Gasteiger partial charge in [-0.1, -0.05) is 32.1 Å². The first-order valence-corrected chi connectivity index (χ1v) is 7.73. The van der Waals surface area contributed by atoms with Gasteiger partial charge in [-0.15, -0.1) is 0 Å². The minimum Gasteiger partial charge on any atom is -0.497 e. The molecule has 1 atom stereocenters. The summed E-state index contributed by atoms with van der Waals surface area (Å²) in [5, 5.41) is 3.39. The van der Waals surface area contributed by atoms with Crippen LogP contribution in [0.1, 0.15) is 51.4 Å². The van der Waals surface area contributed by atoms with E-state index >= 15 is 0 Å². The number of ether oxygens (including phenoxy) is 1. The molecule has 1 aromatic rings. The first-order chi connectivity index (χ1) is 9.79. The quantitative estimate of drug-likeness (QED) is 0.899. The highest BCUT2D eigenvalue weighted by atomic mass is 16.5. The molecule has 0 spiro atoms. The average Bonchev–Trinajstić information content (AvgIpc) is 2.49. The average molecular weight is 275 g/mol. The molecule has 0 radical (unpaired) electrons. The molecule has 1 fully saturated rings. The third-order valence-electron chi connectivity index (χ3n) is 3.99. The molecular formula is C17H25NO2. The third-order valence-corrected chi connectivity index (χ3v) is 3.99. The molecular weight excluding hydrogens is 250 g/mol. The maximum absolute atomic E-state index is 12.3. The SMILES string of the molecule is COc1ccc(NC2CCCCCCCCC2=O)cc1. The van der Waals surface area contributed by atoms with Crippen LogP contribution < -0.4 is 10.1 Å². The van der Waals surface area contributed by atoms with Crippen molar-refractivity contribution in [3.05, 3.63) is 24.3 Å². The van der Waals surface area contributed by atoms with E-state index in [1.807, 2.05) is 24.3 Å². The van der Waals surface area contributed by atoms with E-state index in [9.17, 15) is 4.79 Å². The van der Waals surface area contributed by atoms with E-state index in [1.54, 1.807) is 7.11 Å². The summed E-state index contributed by atoms with van der Waals surface area (Å²) in [5.41, 5.74) is 1.00. The van der Waals surface area contributed by atoms with Crippen LogP contribution in [0.15, 0.2) is 24.3 Å². The predicted molar refractivity (Wildman–Crippen MR) is 82.3 cm³/mol. The number of hydrogen-bond acceptors (Lipinski definition) is 3. The summed E-state index contributed by atoms with van der Waals surface area (Å²) in [7, 11) is 1.66. The van der Waals surface area contributed by atoms with Gasteiger partial charge in [0, 0.05) is 12.1 Å². The number of ketones is 1. The Morgan fingerprint density at radius 1 is 1.00 bits per heavy atom. The fourth-order valence-corrected chi connectivity index (χ4v) is 2.73. The summed E-state index contributed by atoms with van der Waals surface area (Å²) in [4.78, 5) is 12.3. The molecule has 1 aromatic carbocycles. The van der Waals surface area contributed by atoms with Crippen molar-refractivity contribution in [1.29, 1.82) is 0 Å². The Bertz CT molecular complexity index is 414. The number of methoxy groups -OCH3 is 1. The number of nitrogens with one attached hydrogen (secondary N) is 1. The fraction of sp³-hybridized carbons (Fsp3) is 0.588. The number of carbonyl (C=O) groups is 1. The third kappa shape index (κ3) is 4.55. The van der Waals surface area contributed by atoms with Crippen LogP contribution in [-0.4, -0.2) is 18.9 Å². The van der Waals surface area contributed by atoms with Crippen molar-refractivity contribution < 1.29 is 9.53 Å². The van der Waals surface area contributed by atoms with Gasteiger partial charge >= 0.3 is 0 Å². The Hall–Kier alpha value is -1.51. The first kappa shape index (κ1) is 14.9. The number of benzene rings is 1. The second-order valence-electron chi connectivity index (χ2n) is 5.55. The molecule has 0 aromatic heterocycles. The predicted octanol–water partition coefficient (Wildman–Crippen LogP) is 4.18. The van der Waals surface area contributed by atoms with Crippen LogP contribution in [0.2, 0.25) is 0 Å². The van der Waals surface area contributed by atoms with Crippen LogP contribution in [0.5, 0.6) is 5.75 Å². The number of carbonyl (C=O) groups excluding carboxylic acids is 1. The Balaban J connectivity index is 1.96. The monoisotopic (exact) mass is 275 g/mol. The summed E-state index contributed by atoms with van der Waals surface area (Å²) >= 11 is 0. The van der Waals surface area contributed by atoms with E-state index in [-0.39, 0.29) is 6.04 Å². The molecule has 1 N–H and O–H groups in total. The molecule has 1 aliphatic rings. The lowest BCUT2D eigenvalue weighted by Crippen LogP contribution is -2.29. The van der Waals surface area contributed by atoms with E-state index < -0.39 is 0 Å². The van der Waals surface area contributed by atoms with Crippen molar-refractivity contribution >= 4 is 11.5 Å². The fourth-order valence-electron chi connectivity index (χ4n) is 2.73. The molecule has 3 nitrogen and oxygen atoms in total. The van der Waals surface area contributed by atoms with Gasteiger partial charge < -0.3 is 10.1 Å². The summed E-state index contributed by atoms with van der Waals surface area (Å²) < 4.78 is 5.15. The van der Waals surface area contributed by atoms with E-state index in [0.717, 1.165) is 30.7 Å². The van der Waals surface area contributed by atoms with Crippen molar-refractivity contribution in [1.82, 2.24) is 0 Å². The van der Waals surface area contributed by atoms with Gasteiger partial charge in [-0.05, 0) is 37.1 Å². The van der Waals surface area contributed by atoms with E-state index in [2.05, 4.69) is 5.32 Å². The molecule has 0 aliphatic heterocycles. The van der Waals surface area contributed by atoms with Crippen molar-refractivity contribution in [3.8, 4) is 5.75 Å². The Morgan fingerprint density at radius 2 is 1.65 bits per heavy atom. The summed E-state index contributed by atoms with van der Waals surface area (Å²) in [6, 6.07) is 7.78. The zero-order chi connectivity index (χ0) is 14.2. The summed E-state index contributed by atoms with van der Waals surface area (Å²) in [6.45, 7) is 0. The van der Waals surface area contributed by atoms with Crippen LogP contribution in [0, 0.1) is 0 Å². The van der Waals surface area contributed by atoms with Gasteiger partial charge in [0.2, 0.25) is 0 Å². The molecule has 0 heterocycles. The maximum Gasteiger partial charge on any atom is 0.155 e. The van der Waals surface area contributed by atoms with Gasteiger partial charge in [-0.3, -0.25) is 4.79 Å². The lowest BCUT2D eigenvalue weighted by molar-refractivity contribution is -0.120. The number of rotatable bonds is 3. The van der Waals surface area contributed by atoms with Crippen LogP contribution in [-0.2, 0) is 4.79 Å². The standard InChI is InChI=1S/C17H25NO2/c1-20-15-12-10-14(11-13-15)18-16-8-6-4-2-3-5-7-9-17(16)19/h10-13,16,18H,2-9H2,1H3. The lowest BCUT2D eigenvalue weighted by Gasteiger charge is -2.20. The highest BCUT2D eigenvalue weighted by Crippen LogP contribution is 2.20. The summed E-state index contributed by atoms with van der Waals surface area (Å²) in [5.74, 6) is 1.20. The Labute approximate surface area is 121 Å². The molecule has 1 unspecified atom stereocenters. The van der Waals surface area contributed by atoms with Gasteiger partial charge in [0.05, 0.1) is 13.2 Å². The topological polar surface area (TPSA) is 38.3 Å². The molecule has 0 amide bonds. The zero-order valence-corrected chi connectivity index (χ0v) is 12.4. The minimum atomic E-state index is -0.0264. The lowest BCUT2D eigenvalue weighted by atomic mass is 9.96. The van der Waals surface area contributed by atoms with Crippen LogP contribution in [0.3, 0.4) is 0 Å². The molecule has 20 heavy (non-hydrogen) atoms. The molecule has 1 saturated carbocycles. The second kappa shape index (κ2) is 7.93. The molecule has 0 bridgehead atoms. The zero-order valence-electron chi connectivity index (χ0n) is 12.4. The second-order valence-corrected chi connectivity index (χ2v) is 5.55. The van der Waals surface area contributed by atoms with Crippen LogP contribution in [0.25, 0.3) is 0 Å². The molecule has 1 aliphatic carbocycles. The minimum absolute atomic E-state index is 0.0264. The van der Waals surface area contributed by atoms with Crippen molar-refractivity contribution in [3.63, 3.8) is 0 Å². The highest BCUT2D eigenvalue weighted by Gasteiger charge is 2.18. The van der Waals surface area contributed by atoms with E-state index in [4.69, 9.17) is 4.74 Å². The van der Waals surface area contributed by atoms with Gasteiger partial charge in [0.15, 0.2) is 5.78 Å². The highest BCUT2D eigenvalue weighted by molar-refractivity contribution is 5.86. The van der Waals surface area contributed by atoms with E-state index in [0.29, 0.717) is 12.2 Å². The van der Waals surface area contributed by atoms with Gasteiger partial charge in [0.25, 0.3) is 0 Å². The Kier molecular flexibility index (Phi) is 5.90. The molecule has 2 rings (SSSR count). The van der Waals surface area contributed by atoms with Crippen molar-refractivity contribution in [2.24, 2.45) is 0 Å². The van der Waals surface area contributed by atoms with Crippen LogP contribution >= 0.6 is 0 Å². The van der Waals surface area contributed by atoms with Gasteiger partial charge in [0.1, 0.15) is 5.75 Å². The van der Waals surface area contributed by atoms with Crippen LogP contribution in [0.4, 0.5) is 5.69 Å². The number of Topliss-reactive ketones (excluding diaryl/α,β-unsaturated/α-hetero) is 1. The number of anilines is 1. The molecule has 3 heteroatoms. The van der Waals surface area contributed by atoms with E-state index in [1.165, 1.54) is 25.7 Å². The first-order valence-electron chi connectivity index (χ1n) is 7.73. The van der Waals surface area contributed by atoms with Crippen molar-refractivity contribution in [2.45, 2.75) is 57.4 Å². The smallest absolute Gasteiger partial charge is 0.155 e. The Morgan fingerprint density at radius 3 is 2.35 bits per heavy atom. The van der Waals surface area contributed by atoms with Gasteiger partial charge in [-0.2, -0.15) is 0 Å². The molecule has 0 saturated heterocycles.